The quantitative estimate of drug-likeness (QED) is 0.400. The molecule has 12 heavy (non-hydrogen) atoms. The number of carbonyl (C=O) groups excluding carboxylic acids is 3. The topological polar surface area (TPSA) is 72.5 Å². The molecule has 0 spiro atoms. The van der Waals surface area contributed by atoms with Gasteiger partial charge in [0.15, 0.2) is 5.78 Å². The normalized spacial score (nSPS) is 23.2. The molecule has 1 fully saturated rings. The third-order valence-electron chi connectivity index (χ3n) is 1.72. The van der Waals surface area contributed by atoms with E-state index >= 15 is 0 Å². The lowest BCUT2D eigenvalue weighted by molar-refractivity contribution is -0.153. The molecular formula is C7H9NO4. The summed E-state index contributed by atoms with van der Waals surface area (Å²) in [5.74, 6) is -2.11. The Bertz CT molecular complexity index is 228. The first-order chi connectivity index (χ1) is 5.65. The van der Waals surface area contributed by atoms with Crippen LogP contribution in [-0.2, 0) is 19.1 Å². The number of rotatable bonds is 1. The van der Waals surface area contributed by atoms with E-state index in [2.05, 4.69) is 10.1 Å². The lowest BCUT2D eigenvalue weighted by Crippen LogP contribution is -2.44. The van der Waals surface area contributed by atoms with Crippen LogP contribution in [0, 0.1) is 5.92 Å². The third kappa shape index (κ3) is 1.61. The van der Waals surface area contributed by atoms with Gasteiger partial charge in [-0.25, -0.2) is 0 Å². The zero-order valence-corrected chi connectivity index (χ0v) is 6.62. The van der Waals surface area contributed by atoms with Crippen molar-refractivity contribution in [2.75, 3.05) is 13.7 Å². The SMILES string of the molecule is COC(=O)C1CC(=O)NCC1=O. The molecule has 0 radical (unpaired) electrons. The zero-order valence-electron chi connectivity index (χ0n) is 6.62. The number of Topliss-reactive ketones (excluding diaryl/α,β-unsaturated/α-hetero) is 1. The highest BCUT2D eigenvalue weighted by atomic mass is 16.5. The molecule has 0 bridgehead atoms. The first-order valence-corrected chi connectivity index (χ1v) is 3.52. The Balaban J connectivity index is 2.67. The average molecular weight is 171 g/mol. The minimum atomic E-state index is -0.899. The Labute approximate surface area is 69.1 Å². The largest absolute Gasteiger partial charge is 0.468 e. The number of amides is 1. The van der Waals surface area contributed by atoms with Crippen molar-refractivity contribution in [2.24, 2.45) is 5.92 Å². The summed E-state index contributed by atoms with van der Waals surface area (Å²) in [4.78, 5) is 32.7. The van der Waals surface area contributed by atoms with Crippen molar-refractivity contribution >= 4 is 17.7 Å². The van der Waals surface area contributed by atoms with E-state index in [1.807, 2.05) is 0 Å². The molecule has 0 aromatic carbocycles. The fourth-order valence-corrected chi connectivity index (χ4v) is 1.04. The van der Waals surface area contributed by atoms with Gasteiger partial charge >= 0.3 is 5.97 Å². The van der Waals surface area contributed by atoms with E-state index in [0.717, 1.165) is 0 Å². The summed E-state index contributed by atoms with van der Waals surface area (Å²) >= 11 is 0. The van der Waals surface area contributed by atoms with Crippen molar-refractivity contribution in [3.8, 4) is 0 Å². The molecule has 66 valence electrons. The van der Waals surface area contributed by atoms with Gasteiger partial charge in [0.1, 0.15) is 5.92 Å². The smallest absolute Gasteiger partial charge is 0.316 e. The lowest BCUT2D eigenvalue weighted by atomic mass is 9.96. The number of esters is 1. The van der Waals surface area contributed by atoms with Crippen molar-refractivity contribution in [2.45, 2.75) is 6.42 Å². The van der Waals surface area contributed by atoms with Crippen LogP contribution in [0.5, 0.6) is 0 Å². The molecule has 1 atom stereocenters. The predicted molar refractivity (Wildman–Crippen MR) is 38.1 cm³/mol. The van der Waals surface area contributed by atoms with Crippen LogP contribution in [0.3, 0.4) is 0 Å². The monoisotopic (exact) mass is 171 g/mol. The minimum absolute atomic E-state index is 0.0708. The summed E-state index contributed by atoms with van der Waals surface area (Å²) in [7, 11) is 1.20. The Morgan fingerprint density at radius 3 is 2.83 bits per heavy atom. The number of ether oxygens (including phenoxy) is 1. The van der Waals surface area contributed by atoms with E-state index < -0.39 is 11.9 Å². The van der Waals surface area contributed by atoms with Crippen LogP contribution in [0.25, 0.3) is 0 Å². The molecule has 0 aliphatic carbocycles. The van der Waals surface area contributed by atoms with Gasteiger partial charge in [0.25, 0.3) is 0 Å². The lowest BCUT2D eigenvalue weighted by Gasteiger charge is -2.18. The molecule has 0 aromatic heterocycles. The number of carbonyl (C=O) groups is 3. The molecule has 1 rings (SSSR count). The second-order valence-corrected chi connectivity index (χ2v) is 2.52. The first-order valence-electron chi connectivity index (χ1n) is 3.52. The Morgan fingerprint density at radius 2 is 2.25 bits per heavy atom. The summed E-state index contributed by atoms with van der Waals surface area (Å²) in [5, 5.41) is 2.34. The van der Waals surface area contributed by atoms with E-state index in [4.69, 9.17) is 0 Å². The van der Waals surface area contributed by atoms with Crippen LogP contribution in [0.1, 0.15) is 6.42 Å². The van der Waals surface area contributed by atoms with Gasteiger partial charge in [-0.15, -0.1) is 0 Å². The van der Waals surface area contributed by atoms with Crippen LogP contribution < -0.4 is 5.32 Å². The van der Waals surface area contributed by atoms with Gasteiger partial charge < -0.3 is 10.1 Å². The molecule has 1 heterocycles. The van der Waals surface area contributed by atoms with Crippen molar-refractivity contribution in [3.05, 3.63) is 0 Å². The Hall–Kier alpha value is -1.39. The summed E-state index contributed by atoms with van der Waals surface area (Å²) in [6.07, 6.45) is -0.0918. The molecule has 5 nitrogen and oxygen atoms in total. The van der Waals surface area contributed by atoms with Crippen molar-refractivity contribution in [3.63, 3.8) is 0 Å². The summed E-state index contributed by atoms with van der Waals surface area (Å²) in [6, 6.07) is 0. The van der Waals surface area contributed by atoms with Crippen LogP contribution in [0.15, 0.2) is 0 Å². The zero-order chi connectivity index (χ0) is 9.14. The summed E-state index contributed by atoms with van der Waals surface area (Å²) < 4.78 is 4.37. The van der Waals surface area contributed by atoms with Gasteiger partial charge in [0.2, 0.25) is 5.91 Å². The highest BCUT2D eigenvalue weighted by Gasteiger charge is 2.33. The second kappa shape index (κ2) is 3.34. The van der Waals surface area contributed by atoms with Crippen molar-refractivity contribution < 1.29 is 19.1 Å². The van der Waals surface area contributed by atoms with Gasteiger partial charge in [-0.05, 0) is 0 Å². The molecule has 1 aliphatic rings. The van der Waals surface area contributed by atoms with Gasteiger partial charge in [-0.1, -0.05) is 0 Å². The van der Waals surface area contributed by atoms with E-state index in [0.29, 0.717) is 0 Å². The molecule has 1 N–H and O–H groups in total. The molecule has 0 aromatic rings. The predicted octanol–water partition coefficient (Wildman–Crippen LogP) is -1.14. The molecule has 1 amide bonds. The molecule has 5 heteroatoms. The van der Waals surface area contributed by atoms with Crippen molar-refractivity contribution in [1.29, 1.82) is 0 Å². The fraction of sp³-hybridized carbons (Fsp3) is 0.571. The fourth-order valence-electron chi connectivity index (χ4n) is 1.04. The number of ketones is 1. The maximum absolute atomic E-state index is 11.0. The van der Waals surface area contributed by atoms with E-state index in [1.165, 1.54) is 7.11 Å². The maximum atomic E-state index is 11.0. The molecule has 1 aliphatic heterocycles. The Kier molecular flexibility index (Phi) is 2.42. The molecule has 0 saturated carbocycles. The molecule has 1 unspecified atom stereocenters. The Morgan fingerprint density at radius 1 is 1.58 bits per heavy atom. The van der Waals surface area contributed by atoms with Gasteiger partial charge in [-0.2, -0.15) is 0 Å². The van der Waals surface area contributed by atoms with E-state index in [-0.39, 0.29) is 24.7 Å². The van der Waals surface area contributed by atoms with Crippen molar-refractivity contribution in [1.82, 2.24) is 5.32 Å². The van der Waals surface area contributed by atoms with Gasteiger partial charge in [0, 0.05) is 6.42 Å². The standard InChI is InChI=1S/C7H9NO4/c1-12-7(11)4-2-6(10)8-3-5(4)9/h4H,2-3H2,1H3,(H,8,10). The molecular weight excluding hydrogens is 162 g/mol. The second-order valence-electron chi connectivity index (χ2n) is 2.52. The number of hydrogen-bond donors (Lipinski definition) is 1. The van der Waals surface area contributed by atoms with Crippen LogP contribution in [-0.4, -0.2) is 31.3 Å². The average Bonchev–Trinajstić information content (AvgIpc) is 2.08. The number of hydrogen-bond acceptors (Lipinski definition) is 4. The van der Waals surface area contributed by atoms with Crippen LogP contribution >= 0.6 is 0 Å². The third-order valence-corrected chi connectivity index (χ3v) is 1.72. The first kappa shape index (κ1) is 8.70. The highest BCUT2D eigenvalue weighted by Crippen LogP contribution is 2.10. The van der Waals surface area contributed by atoms with E-state index in [9.17, 15) is 14.4 Å². The van der Waals surface area contributed by atoms with Crippen LogP contribution in [0.2, 0.25) is 0 Å². The van der Waals surface area contributed by atoms with Crippen LogP contribution in [0.4, 0.5) is 0 Å². The van der Waals surface area contributed by atoms with Gasteiger partial charge in [-0.3, -0.25) is 14.4 Å². The summed E-state index contributed by atoms with van der Waals surface area (Å²) in [6.45, 7) is -0.0708. The maximum Gasteiger partial charge on any atom is 0.316 e. The highest BCUT2D eigenvalue weighted by molar-refractivity contribution is 6.06. The van der Waals surface area contributed by atoms with E-state index in [1.54, 1.807) is 0 Å². The molecule has 1 saturated heterocycles. The number of methoxy groups -OCH3 is 1. The summed E-state index contributed by atoms with van der Waals surface area (Å²) in [5.41, 5.74) is 0. The van der Waals surface area contributed by atoms with Gasteiger partial charge in [0.05, 0.1) is 13.7 Å². The number of nitrogens with one attached hydrogen (secondary N) is 1. The minimum Gasteiger partial charge on any atom is -0.468 e. The number of piperidine rings is 1.